The summed E-state index contributed by atoms with van der Waals surface area (Å²) in [5.74, 6) is 0. The van der Waals surface area contributed by atoms with E-state index in [-0.39, 0.29) is 5.03 Å². The van der Waals surface area contributed by atoms with E-state index in [1.807, 2.05) is 4.40 Å². The van der Waals surface area contributed by atoms with Crippen LogP contribution in [-0.2, 0) is 14.9 Å². The van der Waals surface area contributed by atoms with Gasteiger partial charge in [-0.15, -0.1) is 0 Å². The molecular weight excluding hydrogens is 501 g/mol. The molecule has 9 heteroatoms. The Hall–Kier alpha value is -0.161. The zero-order chi connectivity index (χ0) is 20.8. The number of hydrogen-bond acceptors (Lipinski definition) is 5. The van der Waals surface area contributed by atoms with Crippen LogP contribution in [0.3, 0.4) is 0 Å². The normalized spacial score (nSPS) is 13.1. The Bertz CT molecular complexity index is 826. The van der Waals surface area contributed by atoms with Crippen molar-refractivity contribution in [3.05, 3.63) is 12.5 Å². The summed E-state index contributed by atoms with van der Waals surface area (Å²) in [6, 6.07) is 0. The van der Waals surface area contributed by atoms with E-state index in [4.69, 9.17) is 4.84 Å². The molecule has 0 aliphatic rings. The van der Waals surface area contributed by atoms with Gasteiger partial charge in [-0.3, -0.25) is 0 Å². The van der Waals surface area contributed by atoms with Crippen molar-refractivity contribution < 1.29 is 13.3 Å². The molecule has 0 unspecified atom stereocenters. The molecule has 0 radical (unpaired) electrons. The summed E-state index contributed by atoms with van der Waals surface area (Å²) in [7, 11) is -0.984. The molecule has 2 rings (SSSR count). The van der Waals surface area contributed by atoms with Gasteiger partial charge in [-0.1, -0.05) is 0 Å². The molecule has 160 valence electrons. The zero-order valence-corrected chi connectivity index (χ0v) is 22.4. The maximum absolute atomic E-state index is 12.8. The third-order valence-corrected chi connectivity index (χ3v) is 26.6. The summed E-state index contributed by atoms with van der Waals surface area (Å²) >= 11 is -0.911. The summed E-state index contributed by atoms with van der Waals surface area (Å²) in [5, 5.41) is 0.106. The van der Waals surface area contributed by atoms with Crippen LogP contribution < -0.4 is 2.89 Å². The number of aromatic nitrogens is 2. The molecule has 0 atom stereocenters. The summed E-state index contributed by atoms with van der Waals surface area (Å²) in [6.07, 6.45) is 11.4. The van der Waals surface area contributed by atoms with E-state index >= 15 is 0 Å². The van der Waals surface area contributed by atoms with Crippen molar-refractivity contribution in [3.8, 4) is 0 Å². The van der Waals surface area contributed by atoms with E-state index in [9.17, 15) is 8.42 Å². The summed E-state index contributed by atoms with van der Waals surface area (Å²) in [4.78, 5) is 9.85. The zero-order valence-electron chi connectivity index (χ0n) is 17.9. The average Bonchev–Trinajstić information content (AvgIpc) is 3.28. The van der Waals surface area contributed by atoms with Crippen LogP contribution in [0.4, 0.5) is 0 Å². The Labute approximate surface area is 178 Å². The van der Waals surface area contributed by atoms with Crippen LogP contribution in [0.5, 0.6) is 0 Å². The quantitative estimate of drug-likeness (QED) is 0.277. The average molecular weight is 536 g/mol. The van der Waals surface area contributed by atoms with Crippen molar-refractivity contribution in [1.82, 2.24) is 13.9 Å². The van der Waals surface area contributed by atoms with Crippen molar-refractivity contribution >= 4 is 47.5 Å². The second-order valence-electron chi connectivity index (χ2n) is 7.55. The second kappa shape index (κ2) is 10.7. The van der Waals surface area contributed by atoms with E-state index in [2.05, 4.69) is 32.0 Å². The predicted molar refractivity (Wildman–Crippen MR) is 120 cm³/mol. The number of thiazole rings is 1. The summed E-state index contributed by atoms with van der Waals surface area (Å²) in [6.45, 7) is 6.81. The van der Waals surface area contributed by atoms with E-state index in [1.165, 1.54) is 68.9 Å². The Morgan fingerprint density at radius 1 is 1.11 bits per heavy atom. The topological polar surface area (TPSA) is 63.9 Å². The molecule has 0 aromatic carbocycles. The van der Waals surface area contributed by atoms with Gasteiger partial charge in [0.25, 0.3) is 0 Å². The fraction of sp³-hybridized carbons (Fsp3) is 0.737. The van der Waals surface area contributed by atoms with Crippen molar-refractivity contribution in [3.63, 3.8) is 0 Å². The number of imidazole rings is 1. The first kappa shape index (κ1) is 24.1. The van der Waals surface area contributed by atoms with Gasteiger partial charge in [0.15, 0.2) is 0 Å². The molecule has 0 bridgehead atoms. The number of unbranched alkanes of at least 4 members (excludes halogenated alkanes) is 3. The minimum atomic E-state index is -3.74. The van der Waals surface area contributed by atoms with Gasteiger partial charge in [-0.05, 0) is 0 Å². The molecule has 0 aliphatic heterocycles. The van der Waals surface area contributed by atoms with Crippen LogP contribution in [0, 0.1) is 0 Å². The number of rotatable bonds is 13. The van der Waals surface area contributed by atoms with Crippen LogP contribution in [0.15, 0.2) is 17.6 Å². The first-order chi connectivity index (χ1) is 13.4. The van der Waals surface area contributed by atoms with E-state index in [0.717, 1.165) is 9.30 Å². The van der Waals surface area contributed by atoms with Crippen LogP contribution >= 0.6 is 11.3 Å². The van der Waals surface area contributed by atoms with E-state index in [0.29, 0.717) is 0 Å². The van der Waals surface area contributed by atoms with E-state index in [1.54, 1.807) is 17.7 Å². The summed E-state index contributed by atoms with van der Waals surface area (Å²) < 4.78 is 33.9. The molecule has 6 nitrogen and oxygen atoms in total. The molecule has 0 amide bonds. The van der Waals surface area contributed by atoms with Crippen molar-refractivity contribution in [1.29, 1.82) is 0 Å². The number of fused-ring (bicyclic) bond motifs is 1. The minimum absolute atomic E-state index is 0.106. The van der Waals surface area contributed by atoms with Crippen LogP contribution in [0.2, 0.25) is 13.3 Å². The first-order valence-corrected chi connectivity index (χ1v) is 20.1. The summed E-state index contributed by atoms with van der Waals surface area (Å²) in [5.41, 5.74) is 0. The van der Waals surface area contributed by atoms with Crippen molar-refractivity contribution in [2.75, 3.05) is 14.2 Å². The maximum atomic E-state index is 12.8. The predicted octanol–water partition coefficient (Wildman–Crippen LogP) is 4.63. The van der Waals surface area contributed by atoms with Gasteiger partial charge in [0.05, 0.1) is 0 Å². The molecule has 0 saturated heterocycles. The second-order valence-corrected chi connectivity index (χ2v) is 24.6. The fourth-order valence-corrected chi connectivity index (χ4v) is 25.0. The van der Waals surface area contributed by atoms with Gasteiger partial charge in [0, 0.05) is 0 Å². The SMILES string of the molecule is CCC[CH2][Sn]([CH2]CCC)([CH2]CCC)[c]1cn2cnc(S(=O)(=O)N(C)OC)c2s1. The molecule has 2 aromatic heterocycles. The molecule has 0 spiro atoms. The van der Waals surface area contributed by atoms with Crippen molar-refractivity contribution in [2.45, 2.75) is 77.6 Å². The molecule has 28 heavy (non-hydrogen) atoms. The molecular formula is C19H35N3O3S2Sn. The van der Waals surface area contributed by atoms with Gasteiger partial charge in [-0.25, -0.2) is 0 Å². The van der Waals surface area contributed by atoms with Crippen LogP contribution in [0.25, 0.3) is 4.83 Å². The third-order valence-electron chi connectivity index (χ3n) is 5.57. The van der Waals surface area contributed by atoms with Crippen molar-refractivity contribution in [2.24, 2.45) is 0 Å². The monoisotopic (exact) mass is 537 g/mol. The fourth-order valence-electron chi connectivity index (χ4n) is 3.71. The Kier molecular flexibility index (Phi) is 9.25. The third kappa shape index (κ3) is 5.11. The van der Waals surface area contributed by atoms with Gasteiger partial charge < -0.3 is 0 Å². The van der Waals surface area contributed by atoms with Crippen LogP contribution in [-0.4, -0.2) is 54.8 Å². The molecule has 0 aliphatic carbocycles. The van der Waals surface area contributed by atoms with Gasteiger partial charge >= 0.3 is 179 Å². The standard InChI is InChI=1S/C7H8N3O3S2.3C4H9.Sn/c1-9(13-2)15(11,12)6-7-10(5-8-6)3-4-14-7;3*1-3-4-2;/h3,5H,1-2H3;3*1,3-4H2,2H3;. The number of nitrogens with zero attached hydrogens (tertiary/aromatic N) is 3. The Morgan fingerprint density at radius 3 is 2.11 bits per heavy atom. The first-order valence-electron chi connectivity index (χ1n) is 10.4. The Balaban J connectivity index is 2.53. The van der Waals surface area contributed by atoms with Gasteiger partial charge in [-0.2, -0.15) is 0 Å². The molecule has 0 saturated carbocycles. The Morgan fingerprint density at radius 2 is 1.64 bits per heavy atom. The van der Waals surface area contributed by atoms with Gasteiger partial charge in [0.1, 0.15) is 0 Å². The molecule has 0 fully saturated rings. The van der Waals surface area contributed by atoms with Gasteiger partial charge in [0.2, 0.25) is 0 Å². The van der Waals surface area contributed by atoms with E-state index < -0.39 is 28.4 Å². The number of hydroxylamine groups is 1. The molecule has 0 N–H and O–H groups in total. The molecule has 2 heterocycles. The number of sulfonamides is 1. The van der Waals surface area contributed by atoms with Crippen LogP contribution in [0.1, 0.15) is 59.3 Å². The molecule has 2 aromatic rings. The number of hydrogen-bond donors (Lipinski definition) is 0.